The molecular formula is C14H20Cl3N3O. The Morgan fingerprint density at radius 1 is 1.24 bits per heavy atom. The first-order chi connectivity index (χ1) is 9.77. The summed E-state index contributed by atoms with van der Waals surface area (Å²) in [5, 5.41) is 16.5. The number of anilines is 1. The summed E-state index contributed by atoms with van der Waals surface area (Å²) in [4.78, 5) is 0. The topological polar surface area (TPSA) is 70.6 Å². The van der Waals surface area contributed by atoms with Gasteiger partial charge in [0, 0.05) is 17.0 Å². The van der Waals surface area contributed by atoms with Gasteiger partial charge in [-0.05, 0) is 25.0 Å². The number of nitrogens with two attached hydrogens (primary N) is 1. The number of nitrogens with one attached hydrogen (secondary N) is 1. The lowest BCUT2D eigenvalue weighted by Gasteiger charge is -2.22. The van der Waals surface area contributed by atoms with E-state index in [2.05, 4.69) is 10.5 Å². The molecule has 0 heterocycles. The quantitative estimate of drug-likeness (QED) is 0.212. The number of benzene rings is 1. The average molecular weight is 353 g/mol. The predicted octanol–water partition coefficient (Wildman–Crippen LogP) is 5.00. The van der Waals surface area contributed by atoms with Crippen molar-refractivity contribution < 1.29 is 5.21 Å². The highest BCUT2D eigenvalue weighted by Crippen LogP contribution is 2.33. The van der Waals surface area contributed by atoms with Gasteiger partial charge in [-0.15, -0.1) is 0 Å². The molecule has 4 nitrogen and oxygen atoms in total. The van der Waals surface area contributed by atoms with Crippen LogP contribution in [0.3, 0.4) is 0 Å². The molecule has 0 aliphatic carbocycles. The lowest BCUT2D eigenvalue weighted by Crippen LogP contribution is -2.31. The maximum Gasteiger partial charge on any atom is 0.144 e. The van der Waals surface area contributed by atoms with Crippen LogP contribution in [0.15, 0.2) is 17.3 Å². The van der Waals surface area contributed by atoms with Gasteiger partial charge in [-0.1, -0.05) is 60.2 Å². The minimum absolute atomic E-state index is 0.249. The minimum atomic E-state index is -0.315. The van der Waals surface area contributed by atoms with Crippen LogP contribution in [0.4, 0.5) is 5.69 Å². The molecule has 0 fully saturated rings. The van der Waals surface area contributed by atoms with E-state index in [0.29, 0.717) is 20.8 Å². The summed E-state index contributed by atoms with van der Waals surface area (Å²) in [7, 11) is 0. The van der Waals surface area contributed by atoms with Crippen LogP contribution in [0, 0.1) is 5.41 Å². The summed E-state index contributed by atoms with van der Waals surface area (Å²) < 4.78 is 0. The number of amidine groups is 1. The second kappa shape index (κ2) is 7.97. The molecule has 1 aromatic carbocycles. The Morgan fingerprint density at radius 3 is 2.33 bits per heavy atom. The SMILES string of the molecule is CC(C)(CCCCNc1c(Cl)cc(Cl)cc1Cl)C(N)=NO. The van der Waals surface area contributed by atoms with Crippen molar-refractivity contribution in [2.24, 2.45) is 16.3 Å². The molecule has 1 aromatic rings. The van der Waals surface area contributed by atoms with Gasteiger partial charge in [0.15, 0.2) is 0 Å². The van der Waals surface area contributed by atoms with Gasteiger partial charge >= 0.3 is 0 Å². The summed E-state index contributed by atoms with van der Waals surface area (Å²) in [6, 6.07) is 3.30. The molecule has 0 aliphatic rings. The Kier molecular flexibility index (Phi) is 6.91. The van der Waals surface area contributed by atoms with Crippen molar-refractivity contribution in [2.45, 2.75) is 33.1 Å². The van der Waals surface area contributed by atoms with Crippen molar-refractivity contribution in [3.63, 3.8) is 0 Å². The fourth-order valence-electron chi connectivity index (χ4n) is 1.88. The fourth-order valence-corrected chi connectivity index (χ4v) is 2.83. The molecule has 0 spiro atoms. The predicted molar refractivity (Wildman–Crippen MR) is 91.0 cm³/mol. The molecular weight excluding hydrogens is 333 g/mol. The molecule has 0 radical (unpaired) electrons. The second-order valence-corrected chi connectivity index (χ2v) is 6.75. The van der Waals surface area contributed by atoms with Gasteiger partial charge in [0.1, 0.15) is 5.84 Å². The molecule has 0 saturated carbocycles. The van der Waals surface area contributed by atoms with E-state index in [1.165, 1.54) is 0 Å². The first kappa shape index (κ1) is 18.2. The average Bonchev–Trinajstić information content (AvgIpc) is 2.39. The highest BCUT2D eigenvalue weighted by molar-refractivity contribution is 6.41. The van der Waals surface area contributed by atoms with Gasteiger partial charge in [-0.25, -0.2) is 0 Å². The number of hydrogen-bond acceptors (Lipinski definition) is 3. The number of oxime groups is 1. The van der Waals surface area contributed by atoms with Crippen molar-refractivity contribution >= 4 is 46.3 Å². The van der Waals surface area contributed by atoms with Crippen LogP contribution in [0.2, 0.25) is 15.1 Å². The van der Waals surface area contributed by atoms with Crippen LogP contribution in [0.1, 0.15) is 33.1 Å². The monoisotopic (exact) mass is 351 g/mol. The molecule has 0 bridgehead atoms. The standard InChI is InChI=1S/C14H20Cl3N3O/c1-14(2,13(18)20-21)5-3-4-6-19-12-10(16)7-9(15)8-11(12)17/h7-8,19,21H,3-6H2,1-2H3,(H2,18,20). The van der Waals surface area contributed by atoms with E-state index in [1.54, 1.807) is 12.1 Å². The van der Waals surface area contributed by atoms with Crippen LogP contribution in [-0.4, -0.2) is 17.6 Å². The van der Waals surface area contributed by atoms with Gasteiger partial charge in [0.25, 0.3) is 0 Å². The van der Waals surface area contributed by atoms with E-state index in [9.17, 15) is 0 Å². The summed E-state index contributed by atoms with van der Waals surface area (Å²) in [5.74, 6) is 0.249. The van der Waals surface area contributed by atoms with Crippen molar-refractivity contribution in [2.75, 3.05) is 11.9 Å². The summed E-state index contributed by atoms with van der Waals surface area (Å²) >= 11 is 18.0. The normalized spacial score (nSPS) is 12.5. The highest BCUT2D eigenvalue weighted by Gasteiger charge is 2.22. The van der Waals surface area contributed by atoms with Crippen molar-refractivity contribution in [3.05, 3.63) is 27.2 Å². The lowest BCUT2D eigenvalue weighted by molar-refractivity contribution is 0.304. The fraction of sp³-hybridized carbons (Fsp3) is 0.500. The maximum absolute atomic E-state index is 8.72. The third-order valence-corrected chi connectivity index (χ3v) is 4.15. The molecule has 118 valence electrons. The second-order valence-electron chi connectivity index (χ2n) is 5.50. The van der Waals surface area contributed by atoms with Crippen LogP contribution in [-0.2, 0) is 0 Å². The Morgan fingerprint density at radius 2 is 1.81 bits per heavy atom. The van der Waals surface area contributed by atoms with Crippen molar-refractivity contribution in [1.29, 1.82) is 0 Å². The zero-order chi connectivity index (χ0) is 16.0. The molecule has 4 N–H and O–H groups in total. The van der Waals surface area contributed by atoms with Gasteiger partial charge in [0.05, 0.1) is 15.7 Å². The molecule has 7 heteroatoms. The largest absolute Gasteiger partial charge is 0.409 e. The molecule has 0 amide bonds. The third-order valence-electron chi connectivity index (χ3n) is 3.34. The Bertz CT molecular complexity index is 495. The zero-order valence-electron chi connectivity index (χ0n) is 12.1. The van der Waals surface area contributed by atoms with E-state index in [4.69, 9.17) is 45.7 Å². The number of unbranched alkanes of at least 4 members (excludes halogenated alkanes) is 1. The van der Waals surface area contributed by atoms with Crippen LogP contribution in [0.25, 0.3) is 0 Å². The van der Waals surface area contributed by atoms with Gasteiger partial charge in [0.2, 0.25) is 0 Å². The maximum atomic E-state index is 8.72. The van der Waals surface area contributed by atoms with Gasteiger partial charge in [-0.2, -0.15) is 0 Å². The Balaban J connectivity index is 2.42. The molecule has 1 rings (SSSR count). The van der Waals surface area contributed by atoms with E-state index in [0.717, 1.165) is 25.8 Å². The molecule has 0 unspecified atom stereocenters. The minimum Gasteiger partial charge on any atom is -0.409 e. The number of halogens is 3. The van der Waals surface area contributed by atoms with Crippen molar-refractivity contribution in [1.82, 2.24) is 0 Å². The lowest BCUT2D eigenvalue weighted by atomic mass is 9.86. The molecule has 0 aromatic heterocycles. The van der Waals surface area contributed by atoms with Gasteiger partial charge in [-0.3, -0.25) is 0 Å². The van der Waals surface area contributed by atoms with E-state index < -0.39 is 0 Å². The van der Waals surface area contributed by atoms with Crippen LogP contribution in [0.5, 0.6) is 0 Å². The molecule has 0 atom stereocenters. The van der Waals surface area contributed by atoms with Crippen molar-refractivity contribution in [3.8, 4) is 0 Å². The molecule has 0 saturated heterocycles. The van der Waals surface area contributed by atoms with Crippen LogP contribution >= 0.6 is 34.8 Å². The van der Waals surface area contributed by atoms with Gasteiger partial charge < -0.3 is 16.3 Å². The third kappa shape index (κ3) is 5.46. The van der Waals surface area contributed by atoms with E-state index in [-0.39, 0.29) is 11.3 Å². The zero-order valence-corrected chi connectivity index (χ0v) is 14.4. The van der Waals surface area contributed by atoms with Crippen LogP contribution < -0.4 is 11.1 Å². The summed E-state index contributed by atoms with van der Waals surface area (Å²) in [5.41, 5.74) is 6.03. The number of nitrogens with zero attached hydrogens (tertiary/aromatic N) is 1. The molecule has 0 aliphatic heterocycles. The van der Waals surface area contributed by atoms with E-state index in [1.807, 2.05) is 13.8 Å². The highest BCUT2D eigenvalue weighted by atomic mass is 35.5. The molecule has 21 heavy (non-hydrogen) atoms. The Labute approximate surface area is 140 Å². The first-order valence-electron chi connectivity index (χ1n) is 6.64. The number of hydrogen-bond donors (Lipinski definition) is 3. The summed E-state index contributed by atoms with van der Waals surface area (Å²) in [6.07, 6.45) is 2.67. The summed E-state index contributed by atoms with van der Waals surface area (Å²) in [6.45, 7) is 4.62. The van der Waals surface area contributed by atoms with E-state index >= 15 is 0 Å². The smallest absolute Gasteiger partial charge is 0.144 e. The first-order valence-corrected chi connectivity index (χ1v) is 7.77. The Hall–Kier alpha value is -0.840. The number of rotatable bonds is 7.